The van der Waals surface area contributed by atoms with Crippen LogP contribution in [0.25, 0.3) is 0 Å². The lowest BCUT2D eigenvalue weighted by Crippen LogP contribution is -2.35. The van der Waals surface area contributed by atoms with Gasteiger partial charge in [0, 0.05) is 39.5 Å². The van der Waals surface area contributed by atoms with E-state index < -0.39 is 6.10 Å². The summed E-state index contributed by atoms with van der Waals surface area (Å²) in [5.41, 5.74) is 0. The molecule has 84 valence electrons. The van der Waals surface area contributed by atoms with Gasteiger partial charge in [-0.1, -0.05) is 0 Å². The molecular formula is C10H17N3O2. The number of carbonyl (C=O) groups excluding carboxylic acids is 1. The molecule has 1 rings (SSSR count). The number of methoxy groups -OCH3 is 1. The maximum absolute atomic E-state index is 11.3. The highest BCUT2D eigenvalue weighted by atomic mass is 16.5. The number of amides is 1. The van der Waals surface area contributed by atoms with Crippen molar-refractivity contribution in [2.24, 2.45) is 7.05 Å². The smallest absolute Gasteiger partial charge is 0.248 e. The van der Waals surface area contributed by atoms with Crippen molar-refractivity contribution in [2.75, 3.05) is 13.7 Å². The molecule has 0 saturated heterocycles. The summed E-state index contributed by atoms with van der Waals surface area (Å²) in [7, 11) is 3.45. The maximum Gasteiger partial charge on any atom is 0.248 e. The van der Waals surface area contributed by atoms with Gasteiger partial charge in [-0.3, -0.25) is 4.79 Å². The first-order valence-electron chi connectivity index (χ1n) is 4.92. The Morgan fingerprint density at radius 2 is 2.47 bits per heavy atom. The van der Waals surface area contributed by atoms with E-state index in [0.717, 1.165) is 12.2 Å². The van der Waals surface area contributed by atoms with Crippen molar-refractivity contribution in [3.63, 3.8) is 0 Å². The van der Waals surface area contributed by atoms with Crippen molar-refractivity contribution in [1.82, 2.24) is 14.9 Å². The third kappa shape index (κ3) is 3.36. The number of ether oxygens (including phenoxy) is 1. The van der Waals surface area contributed by atoms with Gasteiger partial charge in [0.15, 0.2) is 0 Å². The second-order valence-electron chi connectivity index (χ2n) is 3.37. The molecule has 0 radical (unpaired) electrons. The minimum atomic E-state index is -0.397. The summed E-state index contributed by atoms with van der Waals surface area (Å²) >= 11 is 0. The third-order valence-electron chi connectivity index (χ3n) is 2.29. The molecule has 0 spiro atoms. The summed E-state index contributed by atoms with van der Waals surface area (Å²) in [4.78, 5) is 15.5. The van der Waals surface area contributed by atoms with Gasteiger partial charge in [-0.2, -0.15) is 0 Å². The van der Waals surface area contributed by atoms with E-state index in [1.807, 2.05) is 17.8 Å². The normalized spacial score (nSPS) is 12.5. The van der Waals surface area contributed by atoms with Crippen LogP contribution in [0.5, 0.6) is 0 Å². The Balaban J connectivity index is 2.28. The number of hydrogen-bond acceptors (Lipinski definition) is 3. The van der Waals surface area contributed by atoms with Crippen molar-refractivity contribution in [3.8, 4) is 0 Å². The molecule has 1 aromatic rings. The van der Waals surface area contributed by atoms with Crippen LogP contribution < -0.4 is 5.32 Å². The lowest BCUT2D eigenvalue weighted by Gasteiger charge is -2.09. The molecule has 15 heavy (non-hydrogen) atoms. The molecule has 1 amide bonds. The Bertz CT molecular complexity index is 322. The van der Waals surface area contributed by atoms with Crippen LogP contribution in [0.15, 0.2) is 12.4 Å². The van der Waals surface area contributed by atoms with Crippen molar-refractivity contribution >= 4 is 5.91 Å². The number of hydrogen-bond donors (Lipinski definition) is 1. The molecule has 1 heterocycles. The highest BCUT2D eigenvalue weighted by Crippen LogP contribution is 1.94. The largest absolute Gasteiger partial charge is 0.372 e. The van der Waals surface area contributed by atoms with E-state index in [1.54, 1.807) is 13.1 Å². The van der Waals surface area contributed by atoms with E-state index in [2.05, 4.69) is 10.3 Å². The summed E-state index contributed by atoms with van der Waals surface area (Å²) in [6, 6.07) is 0. The lowest BCUT2D eigenvalue weighted by molar-refractivity contribution is -0.129. The van der Waals surface area contributed by atoms with Gasteiger partial charge in [0.05, 0.1) is 0 Å². The Morgan fingerprint density at radius 3 is 3.00 bits per heavy atom. The minimum absolute atomic E-state index is 0.0910. The van der Waals surface area contributed by atoms with Crippen LogP contribution in [0.1, 0.15) is 12.7 Å². The van der Waals surface area contributed by atoms with Crippen molar-refractivity contribution in [1.29, 1.82) is 0 Å². The minimum Gasteiger partial charge on any atom is -0.372 e. The number of aromatic nitrogens is 2. The van der Waals surface area contributed by atoms with Crippen LogP contribution in [0.2, 0.25) is 0 Å². The van der Waals surface area contributed by atoms with E-state index in [9.17, 15) is 4.79 Å². The zero-order valence-electron chi connectivity index (χ0n) is 9.36. The summed E-state index contributed by atoms with van der Waals surface area (Å²) in [5.74, 6) is 0.868. The van der Waals surface area contributed by atoms with Crippen LogP contribution in [0, 0.1) is 0 Å². The average molecular weight is 211 g/mol. The van der Waals surface area contributed by atoms with Crippen LogP contribution >= 0.6 is 0 Å². The summed E-state index contributed by atoms with van der Waals surface area (Å²) in [6.07, 6.45) is 3.96. The van der Waals surface area contributed by atoms with Crippen LogP contribution in [-0.2, 0) is 23.0 Å². The van der Waals surface area contributed by atoms with Crippen molar-refractivity contribution < 1.29 is 9.53 Å². The molecule has 0 saturated carbocycles. The first-order valence-corrected chi connectivity index (χ1v) is 4.92. The number of aryl methyl sites for hydroxylation is 1. The molecule has 1 unspecified atom stereocenters. The predicted octanol–water partition coefficient (Wildman–Crippen LogP) is 0.114. The first-order chi connectivity index (χ1) is 7.15. The van der Waals surface area contributed by atoms with E-state index in [-0.39, 0.29) is 5.91 Å². The fraction of sp³-hybridized carbons (Fsp3) is 0.600. The monoisotopic (exact) mass is 211 g/mol. The number of nitrogens with zero attached hydrogens (tertiary/aromatic N) is 2. The summed E-state index contributed by atoms with van der Waals surface area (Å²) < 4.78 is 6.83. The van der Waals surface area contributed by atoms with Gasteiger partial charge < -0.3 is 14.6 Å². The molecular weight excluding hydrogens is 194 g/mol. The second-order valence-corrected chi connectivity index (χ2v) is 3.37. The molecule has 5 heteroatoms. The highest BCUT2D eigenvalue weighted by Gasteiger charge is 2.10. The average Bonchev–Trinajstić information content (AvgIpc) is 2.63. The molecule has 0 aliphatic carbocycles. The molecule has 0 aliphatic heterocycles. The number of carbonyl (C=O) groups is 1. The Labute approximate surface area is 89.4 Å². The Morgan fingerprint density at radius 1 is 1.73 bits per heavy atom. The van der Waals surface area contributed by atoms with Crippen molar-refractivity contribution in [3.05, 3.63) is 18.2 Å². The topological polar surface area (TPSA) is 56.1 Å². The zero-order chi connectivity index (χ0) is 11.3. The SMILES string of the molecule is COC(C)C(=O)NCCc1nccn1C. The van der Waals surface area contributed by atoms with E-state index in [1.165, 1.54) is 7.11 Å². The van der Waals surface area contributed by atoms with Gasteiger partial charge in [-0.25, -0.2) is 4.98 Å². The maximum atomic E-state index is 11.3. The molecule has 5 nitrogen and oxygen atoms in total. The van der Waals surface area contributed by atoms with Crippen LogP contribution in [0.3, 0.4) is 0 Å². The van der Waals surface area contributed by atoms with E-state index in [0.29, 0.717) is 6.54 Å². The lowest BCUT2D eigenvalue weighted by atomic mass is 10.3. The quantitative estimate of drug-likeness (QED) is 0.752. The summed E-state index contributed by atoms with van der Waals surface area (Å²) in [6.45, 7) is 2.30. The van der Waals surface area contributed by atoms with Gasteiger partial charge in [-0.15, -0.1) is 0 Å². The van der Waals surface area contributed by atoms with Gasteiger partial charge >= 0.3 is 0 Å². The summed E-state index contributed by atoms with van der Waals surface area (Å²) in [5, 5.41) is 2.78. The second kappa shape index (κ2) is 5.50. The molecule has 1 atom stereocenters. The molecule has 0 fully saturated rings. The van der Waals surface area contributed by atoms with E-state index in [4.69, 9.17) is 4.74 Å². The number of imidazole rings is 1. The molecule has 1 aromatic heterocycles. The van der Waals surface area contributed by atoms with Gasteiger partial charge in [0.1, 0.15) is 11.9 Å². The third-order valence-corrected chi connectivity index (χ3v) is 2.29. The van der Waals surface area contributed by atoms with Crippen LogP contribution in [-0.4, -0.2) is 35.2 Å². The first kappa shape index (κ1) is 11.7. The van der Waals surface area contributed by atoms with Crippen LogP contribution in [0.4, 0.5) is 0 Å². The Kier molecular flexibility index (Phi) is 4.30. The fourth-order valence-electron chi connectivity index (χ4n) is 1.19. The zero-order valence-corrected chi connectivity index (χ0v) is 9.36. The number of rotatable bonds is 5. The Hall–Kier alpha value is -1.36. The van der Waals surface area contributed by atoms with Gasteiger partial charge in [0.2, 0.25) is 5.91 Å². The standard InChI is InChI=1S/C10H17N3O2/c1-8(15-3)10(14)12-5-4-9-11-6-7-13(9)2/h6-8H,4-5H2,1-3H3,(H,12,14). The van der Waals surface area contributed by atoms with E-state index >= 15 is 0 Å². The molecule has 1 N–H and O–H groups in total. The predicted molar refractivity (Wildman–Crippen MR) is 56.4 cm³/mol. The molecule has 0 aromatic carbocycles. The van der Waals surface area contributed by atoms with Gasteiger partial charge in [0.25, 0.3) is 0 Å². The fourth-order valence-corrected chi connectivity index (χ4v) is 1.19. The number of nitrogens with one attached hydrogen (secondary N) is 1. The molecule has 0 bridgehead atoms. The van der Waals surface area contributed by atoms with Gasteiger partial charge in [-0.05, 0) is 6.92 Å². The molecule has 0 aliphatic rings. The highest BCUT2D eigenvalue weighted by molar-refractivity contribution is 5.80. The van der Waals surface area contributed by atoms with Crippen molar-refractivity contribution in [2.45, 2.75) is 19.4 Å².